The average molecular weight is 585 g/mol. The Balaban J connectivity index is 1.33. The summed E-state index contributed by atoms with van der Waals surface area (Å²) in [5, 5.41) is 25.5. The number of fused-ring (bicyclic) bond motifs is 1. The maximum atomic E-state index is 12.5. The van der Waals surface area contributed by atoms with Gasteiger partial charge in [0.1, 0.15) is 17.7 Å². The number of benzene rings is 2. The maximum absolute atomic E-state index is 12.5. The van der Waals surface area contributed by atoms with Crippen LogP contribution in [0.4, 0.5) is 23.1 Å². The van der Waals surface area contributed by atoms with Crippen molar-refractivity contribution >= 4 is 50.4 Å². The van der Waals surface area contributed by atoms with Gasteiger partial charge in [-0.1, -0.05) is 30.3 Å². The molecule has 11 N–H and O–H groups in total. The van der Waals surface area contributed by atoms with Crippen LogP contribution in [0.2, 0.25) is 0 Å². The number of aliphatic hydroxyl groups is 2. The molecule has 3 heterocycles. The zero-order chi connectivity index (χ0) is 29.4. The van der Waals surface area contributed by atoms with Crippen molar-refractivity contribution in [3.63, 3.8) is 0 Å². The molecule has 0 spiro atoms. The summed E-state index contributed by atoms with van der Waals surface area (Å²) < 4.78 is 35.7. The number of imidazole rings is 1. The molecule has 2 aromatic carbocycles. The van der Waals surface area contributed by atoms with Gasteiger partial charge in [0.2, 0.25) is 5.95 Å². The molecule has 4 aromatic rings. The molecule has 16 nitrogen and oxygen atoms in total. The summed E-state index contributed by atoms with van der Waals surface area (Å²) in [7, 11) is -4.38. The molecule has 0 radical (unpaired) electrons. The number of carbonyl (C=O) groups is 1. The standard InChI is InChI=1S/C24H28N10O6S/c25-9-13-5-1-4-8-16(13)30-23-31-20(27)18-21(32-23)34(12-28-18)24(37)11-40-17(19(24)35)10-29-41(38,39)33-22(36)14-6-2-3-7-15(14)26/h1-8,12,17,19,29,35,37H,9-11,25-26H2,(H,33,36)(H3,27,30,31,32)/t17-,19-,24-/m1/s1. The molecule has 41 heavy (non-hydrogen) atoms. The number of carbonyl (C=O) groups excluding carboxylic acids is 1. The van der Waals surface area contributed by atoms with Gasteiger partial charge in [-0.05, 0) is 23.8 Å². The van der Waals surface area contributed by atoms with E-state index in [2.05, 4.69) is 25.0 Å². The van der Waals surface area contributed by atoms with Gasteiger partial charge in [-0.3, -0.25) is 9.36 Å². The average Bonchev–Trinajstić information content (AvgIpc) is 3.50. The predicted molar refractivity (Wildman–Crippen MR) is 149 cm³/mol. The molecule has 2 aromatic heterocycles. The Kier molecular flexibility index (Phi) is 7.47. The van der Waals surface area contributed by atoms with Crippen LogP contribution >= 0.6 is 0 Å². The zero-order valence-electron chi connectivity index (χ0n) is 21.4. The molecule has 1 aliphatic rings. The molecular weight excluding hydrogens is 556 g/mol. The summed E-state index contributed by atoms with van der Waals surface area (Å²) in [5.74, 6) is -0.841. The molecule has 1 aliphatic heterocycles. The number of ether oxygens (including phenoxy) is 1. The monoisotopic (exact) mass is 584 g/mol. The SMILES string of the molecule is NCc1ccccc1Nc1nc(N)c2ncn([C@@]3(O)CO[C@H](CNS(=O)(=O)NC(=O)c4ccccc4N)[C@H]3O)c2n1. The molecule has 17 heteroatoms. The molecule has 0 bridgehead atoms. The minimum absolute atomic E-state index is 0.0117. The third-order valence-electron chi connectivity index (χ3n) is 6.57. The van der Waals surface area contributed by atoms with Crippen LogP contribution in [0.25, 0.3) is 11.2 Å². The van der Waals surface area contributed by atoms with Gasteiger partial charge in [0.05, 0.1) is 18.5 Å². The summed E-state index contributed by atoms with van der Waals surface area (Å²) in [6.45, 7) is -0.665. The second kappa shape index (κ2) is 10.9. The second-order valence-corrected chi connectivity index (χ2v) is 10.7. The molecule has 1 saturated heterocycles. The van der Waals surface area contributed by atoms with Gasteiger partial charge in [0, 0.05) is 24.5 Å². The van der Waals surface area contributed by atoms with Gasteiger partial charge in [0.15, 0.2) is 17.2 Å². The number of para-hydroxylation sites is 2. The lowest BCUT2D eigenvalue weighted by Gasteiger charge is -2.28. The number of nitrogens with two attached hydrogens (primary N) is 3. The summed E-state index contributed by atoms with van der Waals surface area (Å²) in [5.41, 5.74) is 17.3. The van der Waals surface area contributed by atoms with E-state index in [4.69, 9.17) is 21.9 Å². The van der Waals surface area contributed by atoms with E-state index in [1.807, 2.05) is 16.9 Å². The Hall–Kier alpha value is -4.39. The predicted octanol–water partition coefficient (Wildman–Crippen LogP) is -1.14. The van der Waals surface area contributed by atoms with Crippen LogP contribution in [0.1, 0.15) is 15.9 Å². The highest BCUT2D eigenvalue weighted by atomic mass is 32.2. The van der Waals surface area contributed by atoms with Gasteiger partial charge in [-0.15, -0.1) is 0 Å². The Morgan fingerprint density at radius 3 is 2.63 bits per heavy atom. The van der Waals surface area contributed by atoms with Crippen LogP contribution in [-0.4, -0.2) is 69.4 Å². The first-order chi connectivity index (χ1) is 19.5. The fourth-order valence-electron chi connectivity index (χ4n) is 4.40. The number of aliphatic hydroxyl groups excluding tert-OH is 1. The van der Waals surface area contributed by atoms with E-state index < -0.39 is 47.2 Å². The minimum Gasteiger partial charge on any atom is -0.398 e. The Bertz CT molecular complexity index is 1710. The lowest BCUT2D eigenvalue weighted by atomic mass is 10.1. The molecule has 5 rings (SSSR count). The smallest absolute Gasteiger partial charge is 0.301 e. The number of nitrogen functional groups attached to an aromatic ring is 2. The third kappa shape index (κ3) is 5.49. The van der Waals surface area contributed by atoms with Crippen molar-refractivity contribution < 1.29 is 28.2 Å². The van der Waals surface area contributed by atoms with Gasteiger partial charge >= 0.3 is 10.2 Å². The van der Waals surface area contributed by atoms with Gasteiger partial charge in [0.25, 0.3) is 5.91 Å². The molecule has 1 amide bonds. The third-order valence-corrected chi connectivity index (χ3v) is 7.57. The fraction of sp³-hybridized carbons (Fsp3) is 0.250. The molecular formula is C24H28N10O6S. The first-order valence-electron chi connectivity index (χ1n) is 12.3. The lowest BCUT2D eigenvalue weighted by molar-refractivity contribution is -0.107. The van der Waals surface area contributed by atoms with E-state index in [0.717, 1.165) is 5.56 Å². The van der Waals surface area contributed by atoms with Crippen LogP contribution < -0.4 is 32.0 Å². The summed E-state index contributed by atoms with van der Waals surface area (Å²) in [6.07, 6.45) is -1.63. The second-order valence-electron chi connectivity index (χ2n) is 9.25. The minimum atomic E-state index is -4.38. The van der Waals surface area contributed by atoms with Crippen LogP contribution in [0.3, 0.4) is 0 Å². The van der Waals surface area contributed by atoms with Crippen molar-refractivity contribution in [2.24, 2.45) is 5.73 Å². The van der Waals surface area contributed by atoms with Crippen molar-refractivity contribution in [3.8, 4) is 0 Å². The van der Waals surface area contributed by atoms with E-state index >= 15 is 0 Å². The number of hydrogen-bond acceptors (Lipinski definition) is 13. The molecule has 0 aliphatic carbocycles. The first kappa shape index (κ1) is 28.1. The number of rotatable bonds is 9. The lowest BCUT2D eigenvalue weighted by Crippen LogP contribution is -2.50. The molecule has 216 valence electrons. The van der Waals surface area contributed by atoms with Gasteiger partial charge < -0.3 is 37.5 Å². The van der Waals surface area contributed by atoms with E-state index in [1.165, 1.54) is 29.1 Å². The van der Waals surface area contributed by atoms with Crippen LogP contribution in [0, 0.1) is 0 Å². The molecule has 3 atom stereocenters. The molecule has 0 unspecified atom stereocenters. The number of anilines is 4. The molecule has 0 saturated carbocycles. The van der Waals surface area contributed by atoms with E-state index in [9.17, 15) is 23.4 Å². The van der Waals surface area contributed by atoms with Crippen molar-refractivity contribution in [1.29, 1.82) is 0 Å². The van der Waals surface area contributed by atoms with E-state index in [-0.39, 0.29) is 40.7 Å². The van der Waals surface area contributed by atoms with Crippen molar-refractivity contribution in [2.45, 2.75) is 24.5 Å². The van der Waals surface area contributed by atoms with Crippen molar-refractivity contribution in [3.05, 3.63) is 66.0 Å². The normalized spacial score (nSPS) is 20.8. The summed E-state index contributed by atoms with van der Waals surface area (Å²) in [6, 6.07) is 13.2. The highest BCUT2D eigenvalue weighted by molar-refractivity contribution is 7.88. The van der Waals surface area contributed by atoms with E-state index in [1.54, 1.807) is 18.2 Å². The number of nitrogens with zero attached hydrogens (tertiary/aromatic N) is 4. The van der Waals surface area contributed by atoms with Crippen LogP contribution in [0.15, 0.2) is 54.9 Å². The summed E-state index contributed by atoms with van der Waals surface area (Å²) in [4.78, 5) is 25.2. The number of aromatic nitrogens is 4. The quantitative estimate of drug-likeness (QED) is 0.108. The zero-order valence-corrected chi connectivity index (χ0v) is 22.2. The highest BCUT2D eigenvalue weighted by Gasteiger charge is 2.50. The van der Waals surface area contributed by atoms with E-state index in [0.29, 0.717) is 5.69 Å². The van der Waals surface area contributed by atoms with Crippen molar-refractivity contribution in [1.82, 2.24) is 29.0 Å². The fourth-order valence-corrected chi connectivity index (χ4v) is 5.21. The number of amides is 1. The molecule has 1 fully saturated rings. The summed E-state index contributed by atoms with van der Waals surface area (Å²) >= 11 is 0. The van der Waals surface area contributed by atoms with Crippen molar-refractivity contribution in [2.75, 3.05) is 29.9 Å². The van der Waals surface area contributed by atoms with Crippen LogP contribution in [0.5, 0.6) is 0 Å². The first-order valence-corrected chi connectivity index (χ1v) is 13.7. The number of hydrogen-bond donors (Lipinski definition) is 8. The Morgan fingerprint density at radius 1 is 1.15 bits per heavy atom. The highest BCUT2D eigenvalue weighted by Crippen LogP contribution is 2.33. The number of nitrogens with one attached hydrogen (secondary N) is 3. The van der Waals surface area contributed by atoms with Gasteiger partial charge in [-0.25, -0.2) is 9.71 Å². The maximum Gasteiger partial charge on any atom is 0.301 e. The topological polar surface area (TPSA) is 259 Å². The van der Waals surface area contributed by atoms with Crippen LogP contribution in [-0.2, 0) is 27.2 Å². The Morgan fingerprint density at radius 2 is 1.88 bits per heavy atom. The van der Waals surface area contributed by atoms with Gasteiger partial charge in [-0.2, -0.15) is 23.1 Å². The Labute approximate surface area is 233 Å². The largest absolute Gasteiger partial charge is 0.398 e.